The smallest absolute Gasteiger partial charge is 0.295 e. The highest BCUT2D eigenvalue weighted by atomic mass is 16.5. The van der Waals surface area contributed by atoms with Crippen LogP contribution in [0.1, 0.15) is 43.0 Å². The molecule has 0 saturated carbocycles. The van der Waals surface area contributed by atoms with Crippen LogP contribution in [0.4, 0.5) is 0 Å². The number of nitrogens with zero attached hydrogens (tertiary/aromatic N) is 2. The second-order valence-electron chi connectivity index (χ2n) is 8.14. The van der Waals surface area contributed by atoms with Crippen molar-refractivity contribution >= 4 is 17.4 Å². The Morgan fingerprint density at radius 1 is 0.971 bits per heavy atom. The zero-order valence-electron chi connectivity index (χ0n) is 19.8. The molecule has 1 saturated heterocycles. The fourth-order valence-corrected chi connectivity index (χ4v) is 4.13. The van der Waals surface area contributed by atoms with Gasteiger partial charge in [-0.1, -0.05) is 43.3 Å². The number of likely N-dealkylation sites (tertiary alicyclic amines) is 1. The molecule has 2 heterocycles. The summed E-state index contributed by atoms with van der Waals surface area (Å²) in [5.74, 6) is -0.530. The molecule has 0 spiro atoms. The van der Waals surface area contributed by atoms with E-state index < -0.39 is 17.7 Å². The predicted octanol–water partition coefficient (Wildman–Crippen LogP) is 4.89. The van der Waals surface area contributed by atoms with E-state index in [2.05, 4.69) is 4.98 Å². The van der Waals surface area contributed by atoms with E-state index in [0.29, 0.717) is 35.8 Å². The van der Waals surface area contributed by atoms with E-state index >= 15 is 0 Å². The summed E-state index contributed by atoms with van der Waals surface area (Å²) in [7, 11) is 0. The summed E-state index contributed by atoms with van der Waals surface area (Å²) in [5.41, 5.74) is 1.96. The normalized spacial score (nSPS) is 17.0. The van der Waals surface area contributed by atoms with Crippen molar-refractivity contribution in [3.63, 3.8) is 0 Å². The van der Waals surface area contributed by atoms with Crippen LogP contribution in [-0.2, 0) is 16.1 Å². The van der Waals surface area contributed by atoms with Gasteiger partial charge in [0.25, 0.3) is 11.7 Å². The number of benzene rings is 2. The van der Waals surface area contributed by atoms with Crippen molar-refractivity contribution in [2.24, 2.45) is 0 Å². The number of hydrogen-bond donors (Lipinski definition) is 1. The average molecular weight is 473 g/mol. The average Bonchev–Trinajstić information content (AvgIpc) is 3.13. The van der Waals surface area contributed by atoms with Gasteiger partial charge in [0.1, 0.15) is 5.76 Å². The van der Waals surface area contributed by atoms with Gasteiger partial charge in [-0.05, 0) is 48.7 Å². The van der Waals surface area contributed by atoms with Crippen LogP contribution in [0.2, 0.25) is 0 Å². The van der Waals surface area contributed by atoms with Crippen LogP contribution in [0.25, 0.3) is 5.76 Å². The number of Topliss-reactive ketones (excluding diaryl/α,β-unsaturated/α-hetero) is 1. The molecule has 1 atom stereocenters. The molecule has 1 aliphatic heterocycles. The van der Waals surface area contributed by atoms with Crippen LogP contribution in [0.3, 0.4) is 0 Å². The molecule has 7 heteroatoms. The number of aliphatic hydroxyl groups is 1. The van der Waals surface area contributed by atoms with Gasteiger partial charge in [-0.25, -0.2) is 0 Å². The minimum absolute atomic E-state index is 0.0295. The highest BCUT2D eigenvalue weighted by Crippen LogP contribution is 2.42. The van der Waals surface area contributed by atoms with Crippen molar-refractivity contribution in [2.45, 2.75) is 32.9 Å². The molecule has 1 fully saturated rings. The first-order valence-electron chi connectivity index (χ1n) is 11.7. The number of ether oxygens (including phenoxy) is 2. The Morgan fingerprint density at radius 2 is 1.71 bits per heavy atom. The van der Waals surface area contributed by atoms with E-state index in [0.717, 1.165) is 12.0 Å². The third kappa shape index (κ3) is 5.04. The molecule has 1 N–H and O–H groups in total. The standard InChI is InChI=1S/C28H28N2O5/c1-3-16-35-22-11-10-21(17-23(22)34-4-2)25-24(26(31)20-12-14-29-15-13-20)27(32)28(33)30(25)18-19-8-6-5-7-9-19/h5-15,17,25,31H,3-4,16,18H2,1-2H3. The molecule has 35 heavy (non-hydrogen) atoms. The van der Waals surface area contributed by atoms with Crippen molar-refractivity contribution in [1.29, 1.82) is 0 Å². The van der Waals surface area contributed by atoms with E-state index in [1.165, 1.54) is 17.3 Å². The van der Waals surface area contributed by atoms with Crippen molar-refractivity contribution in [3.05, 3.63) is 95.3 Å². The second kappa shape index (κ2) is 10.9. The molecule has 7 nitrogen and oxygen atoms in total. The van der Waals surface area contributed by atoms with Gasteiger partial charge >= 0.3 is 0 Å². The molecule has 3 aromatic rings. The van der Waals surface area contributed by atoms with Crippen LogP contribution in [-0.4, -0.2) is 39.9 Å². The number of amides is 1. The SMILES string of the molecule is CCCOc1ccc(C2C(=C(O)c3ccncc3)C(=O)C(=O)N2Cc2ccccc2)cc1OCC. The molecule has 180 valence electrons. The first-order valence-corrected chi connectivity index (χ1v) is 11.7. The topological polar surface area (TPSA) is 89.0 Å². The molecule has 1 unspecified atom stereocenters. The highest BCUT2D eigenvalue weighted by Gasteiger charge is 2.46. The number of ketones is 1. The van der Waals surface area contributed by atoms with E-state index in [9.17, 15) is 14.7 Å². The fourth-order valence-electron chi connectivity index (χ4n) is 4.13. The molecule has 1 amide bonds. The lowest BCUT2D eigenvalue weighted by atomic mass is 9.95. The summed E-state index contributed by atoms with van der Waals surface area (Å²) in [6.07, 6.45) is 3.89. The molecule has 0 aliphatic carbocycles. The Hall–Kier alpha value is -4.13. The maximum Gasteiger partial charge on any atom is 0.295 e. The lowest BCUT2D eigenvalue weighted by Crippen LogP contribution is -2.29. The number of carbonyl (C=O) groups is 2. The summed E-state index contributed by atoms with van der Waals surface area (Å²) < 4.78 is 11.6. The lowest BCUT2D eigenvalue weighted by molar-refractivity contribution is -0.140. The summed E-state index contributed by atoms with van der Waals surface area (Å²) in [6, 6.07) is 17.2. The molecule has 0 bridgehead atoms. The summed E-state index contributed by atoms with van der Waals surface area (Å²) in [5, 5.41) is 11.2. The van der Waals surface area contributed by atoms with Crippen molar-refractivity contribution in [3.8, 4) is 11.5 Å². The number of hydrogen-bond acceptors (Lipinski definition) is 6. The van der Waals surface area contributed by atoms with Gasteiger partial charge in [0.15, 0.2) is 11.5 Å². The summed E-state index contributed by atoms with van der Waals surface area (Å²) in [4.78, 5) is 31.9. The molecule has 1 aromatic heterocycles. The van der Waals surface area contributed by atoms with Gasteiger partial charge in [0.05, 0.1) is 24.8 Å². The molecule has 2 aromatic carbocycles. The minimum atomic E-state index is -0.803. The number of rotatable bonds is 9. The van der Waals surface area contributed by atoms with E-state index in [-0.39, 0.29) is 17.9 Å². The first kappa shape index (κ1) is 24.0. The van der Waals surface area contributed by atoms with Gasteiger partial charge in [0.2, 0.25) is 0 Å². The first-order chi connectivity index (χ1) is 17.0. The van der Waals surface area contributed by atoms with Crippen LogP contribution in [0, 0.1) is 0 Å². The second-order valence-corrected chi connectivity index (χ2v) is 8.14. The quantitative estimate of drug-likeness (QED) is 0.271. The third-order valence-corrected chi connectivity index (χ3v) is 5.73. The Kier molecular flexibility index (Phi) is 7.45. The fraction of sp³-hybridized carbons (Fsp3) is 0.250. The van der Waals surface area contributed by atoms with Gasteiger partial charge in [-0.15, -0.1) is 0 Å². The Morgan fingerprint density at radius 3 is 2.40 bits per heavy atom. The molecule has 4 rings (SSSR count). The van der Waals surface area contributed by atoms with Gasteiger partial charge in [-0.3, -0.25) is 14.6 Å². The highest BCUT2D eigenvalue weighted by molar-refractivity contribution is 6.46. The largest absolute Gasteiger partial charge is 0.507 e. The van der Waals surface area contributed by atoms with Crippen LogP contribution < -0.4 is 9.47 Å². The van der Waals surface area contributed by atoms with Crippen LogP contribution in [0.15, 0.2) is 78.6 Å². The lowest BCUT2D eigenvalue weighted by Gasteiger charge is -2.26. The van der Waals surface area contributed by atoms with Crippen molar-refractivity contribution < 1.29 is 24.2 Å². The molecule has 1 aliphatic rings. The number of pyridine rings is 1. The predicted molar refractivity (Wildman–Crippen MR) is 132 cm³/mol. The molecule has 0 radical (unpaired) electrons. The maximum atomic E-state index is 13.2. The van der Waals surface area contributed by atoms with E-state index in [1.54, 1.807) is 24.3 Å². The van der Waals surface area contributed by atoms with Gasteiger partial charge in [0, 0.05) is 24.5 Å². The number of aromatic nitrogens is 1. The Bertz CT molecular complexity index is 1220. The van der Waals surface area contributed by atoms with Crippen LogP contribution >= 0.6 is 0 Å². The van der Waals surface area contributed by atoms with E-state index in [4.69, 9.17) is 9.47 Å². The minimum Gasteiger partial charge on any atom is -0.507 e. The Balaban J connectivity index is 1.85. The van der Waals surface area contributed by atoms with Crippen molar-refractivity contribution in [1.82, 2.24) is 9.88 Å². The summed E-state index contributed by atoms with van der Waals surface area (Å²) in [6.45, 7) is 5.06. The van der Waals surface area contributed by atoms with Crippen LogP contribution in [0.5, 0.6) is 11.5 Å². The van der Waals surface area contributed by atoms with Gasteiger partial charge in [-0.2, -0.15) is 0 Å². The summed E-state index contributed by atoms with van der Waals surface area (Å²) >= 11 is 0. The molecular weight excluding hydrogens is 444 g/mol. The van der Waals surface area contributed by atoms with E-state index in [1.807, 2.05) is 50.2 Å². The number of aliphatic hydroxyl groups excluding tert-OH is 1. The number of carbonyl (C=O) groups excluding carboxylic acids is 2. The zero-order valence-corrected chi connectivity index (χ0v) is 19.8. The zero-order chi connectivity index (χ0) is 24.8. The van der Waals surface area contributed by atoms with Crippen molar-refractivity contribution in [2.75, 3.05) is 13.2 Å². The van der Waals surface area contributed by atoms with Gasteiger partial charge < -0.3 is 19.5 Å². The molecular formula is C28H28N2O5. The third-order valence-electron chi connectivity index (χ3n) is 5.73. The maximum absolute atomic E-state index is 13.2. The Labute approximate surface area is 204 Å². The monoisotopic (exact) mass is 472 g/mol.